The number of nitrogens with zero attached hydrogens (tertiary/aromatic N) is 2. The minimum atomic E-state index is -0.107. The molecule has 2 heteroatoms. The third kappa shape index (κ3) is 5.23. The molecular weight excluding hydrogens is 749 g/mol. The van der Waals surface area contributed by atoms with Gasteiger partial charge in [0, 0.05) is 44.1 Å². The first-order valence-corrected chi connectivity index (χ1v) is 21.9. The molecule has 9 aromatic carbocycles. The molecule has 1 heterocycles. The summed E-state index contributed by atoms with van der Waals surface area (Å²) >= 11 is 0. The molecule has 2 aliphatic rings. The highest BCUT2D eigenvalue weighted by molar-refractivity contribution is 6.11. The third-order valence-corrected chi connectivity index (χ3v) is 14.0. The summed E-state index contributed by atoms with van der Waals surface area (Å²) in [5, 5.41) is 2.50. The zero-order valence-corrected chi connectivity index (χ0v) is 35.5. The van der Waals surface area contributed by atoms with Gasteiger partial charge in [-0.25, -0.2) is 0 Å². The van der Waals surface area contributed by atoms with E-state index < -0.39 is 0 Å². The third-order valence-electron chi connectivity index (χ3n) is 14.0. The minimum Gasteiger partial charge on any atom is -0.309 e. The molecule has 0 unspecified atom stereocenters. The van der Waals surface area contributed by atoms with E-state index in [0.29, 0.717) is 0 Å². The van der Waals surface area contributed by atoms with Crippen molar-refractivity contribution in [3.05, 3.63) is 229 Å². The van der Waals surface area contributed by atoms with E-state index in [-0.39, 0.29) is 10.8 Å². The maximum atomic E-state index is 2.53. The molecule has 1 aromatic heterocycles. The predicted octanol–water partition coefficient (Wildman–Crippen LogP) is 16.2. The lowest BCUT2D eigenvalue weighted by molar-refractivity contribution is 0.660. The highest BCUT2D eigenvalue weighted by atomic mass is 15.1. The molecule has 2 nitrogen and oxygen atoms in total. The Morgan fingerprint density at radius 3 is 1.69 bits per heavy atom. The van der Waals surface area contributed by atoms with Crippen molar-refractivity contribution >= 4 is 38.9 Å². The minimum absolute atomic E-state index is 0.0947. The van der Waals surface area contributed by atoms with Crippen LogP contribution in [0.4, 0.5) is 17.1 Å². The van der Waals surface area contributed by atoms with Crippen molar-refractivity contribution in [3.63, 3.8) is 0 Å². The fraction of sp³-hybridized carbons (Fsp3) is 0.100. The Hall–Kier alpha value is -7.42. The van der Waals surface area contributed by atoms with Gasteiger partial charge in [-0.3, -0.25) is 0 Å². The van der Waals surface area contributed by atoms with Gasteiger partial charge in [-0.15, -0.1) is 0 Å². The molecule has 0 radical (unpaired) electrons. The van der Waals surface area contributed by atoms with Crippen molar-refractivity contribution in [2.24, 2.45) is 0 Å². The molecule has 0 spiro atoms. The smallest absolute Gasteiger partial charge is 0.0547 e. The van der Waals surface area contributed by atoms with E-state index >= 15 is 0 Å². The Kier molecular flexibility index (Phi) is 7.96. The summed E-state index contributed by atoms with van der Waals surface area (Å²) in [7, 11) is 0. The van der Waals surface area contributed by atoms with E-state index in [1.807, 2.05) is 0 Å². The van der Waals surface area contributed by atoms with Gasteiger partial charge in [-0.05, 0) is 104 Å². The van der Waals surface area contributed by atoms with Gasteiger partial charge in [0.1, 0.15) is 0 Å². The summed E-state index contributed by atoms with van der Waals surface area (Å²) < 4.78 is 2.42. The van der Waals surface area contributed by atoms with Crippen LogP contribution in [0.15, 0.2) is 206 Å². The van der Waals surface area contributed by atoms with E-state index in [0.717, 1.165) is 22.7 Å². The van der Waals surface area contributed by atoms with Gasteiger partial charge in [0.2, 0.25) is 0 Å². The SMILES string of the molecule is CC1(C)c2ccccc2-c2cc(N(c3ccccc3-c3ccc4c5ccccc5n(-c5ccccc5)c4c3)c3ccccc3-c3cccc4c3-c3ccccc3C4(C)C)ccc21. The molecule has 296 valence electrons. The summed E-state index contributed by atoms with van der Waals surface area (Å²) in [6, 6.07) is 76.6. The van der Waals surface area contributed by atoms with Gasteiger partial charge in [-0.1, -0.05) is 185 Å². The first kappa shape index (κ1) is 36.4. The number of aromatic nitrogens is 1. The molecule has 0 aliphatic heterocycles. The van der Waals surface area contributed by atoms with Crippen molar-refractivity contribution in [2.75, 3.05) is 4.90 Å². The number of benzene rings is 9. The number of hydrogen-bond acceptors (Lipinski definition) is 1. The maximum absolute atomic E-state index is 2.53. The first-order chi connectivity index (χ1) is 30.3. The lowest BCUT2D eigenvalue weighted by Crippen LogP contribution is -2.16. The molecule has 2 aliphatic carbocycles. The molecule has 0 bridgehead atoms. The zero-order valence-electron chi connectivity index (χ0n) is 35.5. The lowest BCUT2D eigenvalue weighted by atomic mass is 9.82. The highest BCUT2D eigenvalue weighted by Gasteiger charge is 2.38. The van der Waals surface area contributed by atoms with Crippen LogP contribution in [0.3, 0.4) is 0 Å². The monoisotopic (exact) mass is 794 g/mol. The molecule has 0 atom stereocenters. The topological polar surface area (TPSA) is 8.17 Å². The van der Waals surface area contributed by atoms with Crippen molar-refractivity contribution in [1.29, 1.82) is 0 Å². The van der Waals surface area contributed by atoms with Crippen LogP contribution in [-0.4, -0.2) is 4.57 Å². The summed E-state index contributed by atoms with van der Waals surface area (Å²) in [5.41, 5.74) is 22.3. The van der Waals surface area contributed by atoms with Gasteiger partial charge >= 0.3 is 0 Å². The molecular formula is C60H46N2. The van der Waals surface area contributed by atoms with E-state index in [1.54, 1.807) is 0 Å². The quantitative estimate of drug-likeness (QED) is 0.163. The van der Waals surface area contributed by atoms with Crippen LogP contribution < -0.4 is 4.90 Å². The normalized spacial score (nSPS) is 14.1. The van der Waals surface area contributed by atoms with Crippen LogP contribution in [0, 0.1) is 0 Å². The summed E-state index contributed by atoms with van der Waals surface area (Å²) in [6.07, 6.45) is 0. The second kappa shape index (κ2) is 13.5. The average Bonchev–Trinajstić information content (AvgIpc) is 3.86. The van der Waals surface area contributed by atoms with Gasteiger partial charge in [-0.2, -0.15) is 0 Å². The van der Waals surface area contributed by atoms with Crippen LogP contribution in [0.1, 0.15) is 49.9 Å². The van der Waals surface area contributed by atoms with E-state index in [2.05, 4.69) is 243 Å². The zero-order chi connectivity index (χ0) is 41.7. The highest BCUT2D eigenvalue weighted by Crippen LogP contribution is 2.55. The number of rotatable bonds is 6. The molecule has 0 saturated heterocycles. The van der Waals surface area contributed by atoms with Crippen LogP contribution >= 0.6 is 0 Å². The molecule has 0 amide bonds. The Morgan fingerprint density at radius 2 is 0.903 bits per heavy atom. The number of fused-ring (bicyclic) bond motifs is 9. The Labute approximate surface area is 364 Å². The molecule has 0 saturated carbocycles. The predicted molar refractivity (Wildman–Crippen MR) is 261 cm³/mol. The van der Waals surface area contributed by atoms with E-state index in [9.17, 15) is 0 Å². The van der Waals surface area contributed by atoms with Gasteiger partial charge in [0.05, 0.1) is 22.4 Å². The van der Waals surface area contributed by atoms with Crippen molar-refractivity contribution < 1.29 is 0 Å². The largest absolute Gasteiger partial charge is 0.309 e. The average molecular weight is 795 g/mol. The van der Waals surface area contributed by atoms with Gasteiger partial charge < -0.3 is 9.47 Å². The van der Waals surface area contributed by atoms with Gasteiger partial charge in [0.25, 0.3) is 0 Å². The van der Waals surface area contributed by atoms with Crippen LogP contribution in [0.2, 0.25) is 0 Å². The van der Waals surface area contributed by atoms with E-state index in [4.69, 9.17) is 0 Å². The van der Waals surface area contributed by atoms with Gasteiger partial charge in [0.15, 0.2) is 0 Å². The van der Waals surface area contributed by atoms with Crippen molar-refractivity contribution in [1.82, 2.24) is 4.57 Å². The van der Waals surface area contributed by atoms with Crippen LogP contribution in [0.25, 0.3) is 72.0 Å². The lowest BCUT2D eigenvalue weighted by Gasteiger charge is -2.31. The summed E-state index contributed by atoms with van der Waals surface area (Å²) in [4.78, 5) is 2.53. The first-order valence-electron chi connectivity index (χ1n) is 21.9. The molecule has 0 fully saturated rings. The maximum Gasteiger partial charge on any atom is 0.0547 e. The fourth-order valence-electron chi connectivity index (χ4n) is 11.0. The molecule has 62 heavy (non-hydrogen) atoms. The fourth-order valence-corrected chi connectivity index (χ4v) is 11.0. The summed E-state index contributed by atoms with van der Waals surface area (Å²) in [5.74, 6) is 0. The standard InChI is InChI=1S/C60H46N2/c1-59(2)50-27-13-8-22-43(50)49-38-41(34-36-52(49)59)62(56-32-17-12-24-45(56)47-26-18-29-53-58(47)48-25-9-14-28-51(48)60(53,3)4)54-30-15-10-21-42(54)39-33-35-46-44-23-11-16-31-55(44)61(57(46)37-39)40-19-6-5-7-20-40/h5-38H,1-4H3. The number of hydrogen-bond donors (Lipinski definition) is 0. The Bertz CT molecular complexity index is 3420. The number of para-hydroxylation sites is 4. The number of anilines is 3. The van der Waals surface area contributed by atoms with E-state index in [1.165, 1.54) is 88.6 Å². The summed E-state index contributed by atoms with van der Waals surface area (Å²) in [6.45, 7) is 9.46. The molecule has 10 aromatic rings. The van der Waals surface area contributed by atoms with Crippen molar-refractivity contribution in [3.8, 4) is 50.2 Å². The molecule has 12 rings (SSSR count). The van der Waals surface area contributed by atoms with Crippen molar-refractivity contribution in [2.45, 2.75) is 38.5 Å². The second-order valence-corrected chi connectivity index (χ2v) is 18.1. The van der Waals surface area contributed by atoms with Crippen LogP contribution in [-0.2, 0) is 10.8 Å². The Balaban J connectivity index is 1.12. The molecule has 0 N–H and O–H groups in total. The Morgan fingerprint density at radius 1 is 0.355 bits per heavy atom. The van der Waals surface area contributed by atoms with Crippen LogP contribution in [0.5, 0.6) is 0 Å². The second-order valence-electron chi connectivity index (χ2n) is 18.1.